The number of pyridine rings is 3. The third-order valence-electron chi connectivity index (χ3n) is 5.27. The van der Waals surface area contributed by atoms with E-state index < -0.39 is 0 Å². The molecule has 0 saturated carbocycles. The number of hydrogen-bond acceptors (Lipinski definition) is 6. The van der Waals surface area contributed by atoms with Crippen molar-refractivity contribution >= 4 is 33.9 Å². The highest BCUT2D eigenvalue weighted by Crippen LogP contribution is 2.34. The molecule has 5 aromatic heterocycles. The Kier molecular flexibility index (Phi) is 5.42. The van der Waals surface area contributed by atoms with Crippen LogP contribution < -0.4 is 5.32 Å². The molecule has 1 amide bonds. The van der Waals surface area contributed by atoms with Gasteiger partial charge in [-0.25, -0.2) is 15.0 Å². The molecule has 8 nitrogen and oxygen atoms in total. The minimum Gasteiger partial charge on any atom is -0.446 e. The fraction of sp³-hybridized carbons (Fsp3) is 0.120. The maximum atomic E-state index is 12.2. The van der Waals surface area contributed by atoms with Crippen LogP contribution in [0.15, 0.2) is 78.0 Å². The molecule has 0 fully saturated rings. The summed E-state index contributed by atoms with van der Waals surface area (Å²) in [5, 5.41) is 4.74. The number of fused-ring (bicyclic) bond motifs is 2. The fourth-order valence-electron chi connectivity index (χ4n) is 3.71. The van der Waals surface area contributed by atoms with Gasteiger partial charge in [0.2, 0.25) is 11.6 Å². The molecule has 164 valence electrons. The molecule has 0 aliphatic carbocycles. The molecule has 0 radical (unpaired) electrons. The zero-order valence-electron chi connectivity index (χ0n) is 18.2. The van der Waals surface area contributed by atoms with Crippen LogP contribution in [0.2, 0.25) is 0 Å². The second-order valence-corrected chi connectivity index (χ2v) is 7.90. The summed E-state index contributed by atoms with van der Waals surface area (Å²) in [7, 11) is 3.89. The minimum atomic E-state index is -0.218. The summed E-state index contributed by atoms with van der Waals surface area (Å²) in [6.45, 7) is 0.689. The normalized spacial score (nSPS) is 11.7. The molecule has 0 aliphatic rings. The quantitative estimate of drug-likeness (QED) is 0.379. The van der Waals surface area contributed by atoms with E-state index in [2.05, 4.69) is 31.3 Å². The number of H-pyrrole nitrogens is 1. The largest absolute Gasteiger partial charge is 0.446 e. The first-order chi connectivity index (χ1) is 16.1. The van der Waals surface area contributed by atoms with E-state index in [9.17, 15) is 4.79 Å². The molecule has 8 heteroatoms. The van der Waals surface area contributed by atoms with Gasteiger partial charge in [-0.1, -0.05) is 6.08 Å². The van der Waals surface area contributed by atoms with Gasteiger partial charge in [-0.05, 0) is 55.6 Å². The van der Waals surface area contributed by atoms with Gasteiger partial charge in [-0.2, -0.15) is 0 Å². The van der Waals surface area contributed by atoms with Gasteiger partial charge in [-0.3, -0.25) is 4.79 Å². The Balaban J connectivity index is 1.47. The van der Waals surface area contributed by atoms with Gasteiger partial charge in [0.25, 0.3) is 0 Å². The first-order valence-electron chi connectivity index (χ1n) is 10.5. The summed E-state index contributed by atoms with van der Waals surface area (Å²) >= 11 is 0. The Labute approximate surface area is 190 Å². The molecular weight excluding hydrogens is 416 g/mol. The van der Waals surface area contributed by atoms with Crippen LogP contribution in [-0.2, 0) is 4.79 Å². The van der Waals surface area contributed by atoms with E-state index >= 15 is 0 Å². The van der Waals surface area contributed by atoms with Crippen LogP contribution in [-0.4, -0.2) is 51.4 Å². The van der Waals surface area contributed by atoms with Gasteiger partial charge in [0.15, 0.2) is 0 Å². The van der Waals surface area contributed by atoms with E-state index in [0.717, 1.165) is 38.7 Å². The van der Waals surface area contributed by atoms with E-state index in [1.807, 2.05) is 49.5 Å². The van der Waals surface area contributed by atoms with Gasteiger partial charge in [-0.15, -0.1) is 0 Å². The van der Waals surface area contributed by atoms with E-state index in [1.165, 1.54) is 6.08 Å². The molecule has 5 heterocycles. The number of anilines is 1. The summed E-state index contributed by atoms with van der Waals surface area (Å²) in [5.41, 5.74) is 5.24. The molecule has 0 bridgehead atoms. The smallest absolute Gasteiger partial charge is 0.249 e. The Morgan fingerprint density at radius 1 is 1.06 bits per heavy atom. The molecular formula is C25H22N6O2. The van der Waals surface area contributed by atoms with Crippen LogP contribution in [0.5, 0.6) is 0 Å². The Morgan fingerprint density at radius 2 is 1.94 bits per heavy atom. The number of rotatable bonds is 6. The van der Waals surface area contributed by atoms with E-state index in [0.29, 0.717) is 18.1 Å². The highest BCUT2D eigenvalue weighted by molar-refractivity contribution is 6.03. The number of likely N-dealkylation sites (N-methyl/N-ethyl adjacent to an activating group) is 1. The number of aromatic nitrogens is 4. The monoisotopic (exact) mass is 438 g/mol. The predicted octanol–water partition coefficient (Wildman–Crippen LogP) is 4.49. The van der Waals surface area contributed by atoms with Crippen molar-refractivity contribution in [3.8, 4) is 22.3 Å². The van der Waals surface area contributed by atoms with Gasteiger partial charge in [0.1, 0.15) is 11.5 Å². The zero-order chi connectivity index (χ0) is 22.8. The summed E-state index contributed by atoms with van der Waals surface area (Å²) in [5.74, 6) is 0.264. The highest BCUT2D eigenvalue weighted by atomic mass is 16.3. The third kappa shape index (κ3) is 4.24. The van der Waals surface area contributed by atoms with Crippen molar-refractivity contribution in [1.29, 1.82) is 0 Å². The van der Waals surface area contributed by atoms with Crippen LogP contribution in [0.1, 0.15) is 0 Å². The molecule has 0 aromatic carbocycles. The minimum absolute atomic E-state index is 0.218. The van der Waals surface area contributed by atoms with Crippen LogP contribution in [0.4, 0.5) is 5.82 Å². The highest BCUT2D eigenvalue weighted by Gasteiger charge is 2.13. The molecule has 0 saturated heterocycles. The third-order valence-corrected chi connectivity index (χ3v) is 5.27. The Bertz CT molecular complexity index is 1480. The summed E-state index contributed by atoms with van der Waals surface area (Å²) in [6, 6.07) is 9.70. The molecule has 0 atom stereocenters. The van der Waals surface area contributed by atoms with Gasteiger partial charge < -0.3 is 19.6 Å². The number of furan rings is 1. The lowest BCUT2D eigenvalue weighted by Gasteiger charge is -2.07. The molecule has 5 aromatic rings. The van der Waals surface area contributed by atoms with Gasteiger partial charge in [0, 0.05) is 59.3 Å². The molecule has 0 unspecified atom stereocenters. The maximum Gasteiger partial charge on any atom is 0.249 e. The first kappa shape index (κ1) is 20.6. The SMILES string of the molecule is CN(C)C/C=C/C(=O)Nc1cc(-c2cnc3[nH]cc(-c4ccnc5occc45)c3c2)ccn1. The van der Waals surface area contributed by atoms with E-state index in [-0.39, 0.29) is 5.91 Å². The lowest BCUT2D eigenvalue weighted by atomic mass is 10.0. The van der Waals surface area contributed by atoms with Crippen molar-refractivity contribution in [2.24, 2.45) is 0 Å². The molecule has 2 N–H and O–H groups in total. The van der Waals surface area contributed by atoms with Crippen molar-refractivity contribution in [3.05, 3.63) is 73.5 Å². The Hall–Kier alpha value is -4.30. The number of carbonyl (C=O) groups excluding carboxylic acids is 1. The van der Waals surface area contributed by atoms with Crippen molar-refractivity contribution < 1.29 is 9.21 Å². The van der Waals surface area contributed by atoms with Crippen molar-refractivity contribution in [2.75, 3.05) is 26.0 Å². The lowest BCUT2D eigenvalue weighted by molar-refractivity contribution is -0.111. The topological polar surface area (TPSA) is 99.9 Å². The number of hydrogen-bond donors (Lipinski definition) is 2. The molecule has 5 rings (SSSR count). The van der Waals surface area contributed by atoms with Crippen LogP contribution in [0, 0.1) is 0 Å². The van der Waals surface area contributed by atoms with Crippen LogP contribution >= 0.6 is 0 Å². The summed E-state index contributed by atoms with van der Waals surface area (Å²) in [4.78, 5) is 30.6. The standard InChI is InChI=1S/C25H22N6O2/c1-31(2)10-3-4-23(32)30-22-13-16(5-8-26-22)17-12-20-21(15-29-24(20)28-14-17)18-6-9-27-25-19(18)7-11-33-25/h3-9,11-15H,10H2,1-2H3,(H,28,29)(H,26,30,32)/b4-3+. The number of nitrogens with one attached hydrogen (secondary N) is 2. The summed E-state index contributed by atoms with van der Waals surface area (Å²) in [6.07, 6.45) is 12.1. The molecule has 0 spiro atoms. The predicted molar refractivity (Wildman–Crippen MR) is 129 cm³/mol. The second-order valence-electron chi connectivity index (χ2n) is 7.90. The number of amides is 1. The first-order valence-corrected chi connectivity index (χ1v) is 10.5. The number of carbonyl (C=O) groups is 1. The molecule has 33 heavy (non-hydrogen) atoms. The average molecular weight is 438 g/mol. The number of aromatic amines is 1. The summed E-state index contributed by atoms with van der Waals surface area (Å²) < 4.78 is 5.46. The molecule has 0 aliphatic heterocycles. The maximum absolute atomic E-state index is 12.2. The number of nitrogens with zero attached hydrogens (tertiary/aromatic N) is 4. The van der Waals surface area contributed by atoms with Crippen LogP contribution in [0.3, 0.4) is 0 Å². The van der Waals surface area contributed by atoms with Crippen LogP contribution in [0.25, 0.3) is 44.4 Å². The average Bonchev–Trinajstić information content (AvgIpc) is 3.45. The van der Waals surface area contributed by atoms with Crippen molar-refractivity contribution in [3.63, 3.8) is 0 Å². The van der Waals surface area contributed by atoms with Crippen molar-refractivity contribution in [2.45, 2.75) is 0 Å². The lowest BCUT2D eigenvalue weighted by Crippen LogP contribution is -2.13. The second kappa shape index (κ2) is 8.68. The van der Waals surface area contributed by atoms with Gasteiger partial charge >= 0.3 is 0 Å². The van der Waals surface area contributed by atoms with Crippen molar-refractivity contribution in [1.82, 2.24) is 24.8 Å². The van der Waals surface area contributed by atoms with Gasteiger partial charge in [0.05, 0.1) is 6.26 Å². The van der Waals surface area contributed by atoms with E-state index in [1.54, 1.807) is 30.9 Å². The Morgan fingerprint density at radius 3 is 2.82 bits per heavy atom. The zero-order valence-corrected chi connectivity index (χ0v) is 18.2. The van der Waals surface area contributed by atoms with E-state index in [4.69, 9.17) is 4.42 Å². The fourth-order valence-corrected chi connectivity index (χ4v) is 3.71.